The van der Waals surface area contributed by atoms with E-state index in [1.165, 1.54) is 16.8 Å². The lowest BCUT2D eigenvalue weighted by Crippen LogP contribution is -2.35. The molecule has 0 amide bonds. The number of aryl methyl sites for hydroxylation is 1. The van der Waals surface area contributed by atoms with Crippen molar-refractivity contribution in [1.82, 2.24) is 10.3 Å². The summed E-state index contributed by atoms with van der Waals surface area (Å²) in [4.78, 5) is 4.69. The average molecular weight is 340 g/mol. The lowest BCUT2D eigenvalue weighted by Gasteiger charge is -2.35. The number of rotatable bonds is 7. The molecule has 3 rings (SSSR count). The maximum atomic E-state index is 9.24. The summed E-state index contributed by atoms with van der Waals surface area (Å²) in [6, 6.07) is 12.9. The van der Waals surface area contributed by atoms with Gasteiger partial charge in [-0.15, -0.1) is 0 Å². The molecule has 134 valence electrons. The van der Waals surface area contributed by atoms with Gasteiger partial charge in [0, 0.05) is 18.8 Å². The molecule has 25 heavy (non-hydrogen) atoms. The van der Waals surface area contributed by atoms with Crippen LogP contribution in [0.2, 0.25) is 0 Å². The normalized spacial score (nSPS) is 20.8. The Labute approximate surface area is 150 Å². The summed E-state index contributed by atoms with van der Waals surface area (Å²) in [6.45, 7) is 2.45. The molecule has 3 atom stereocenters. The number of ether oxygens (including phenoxy) is 1. The van der Waals surface area contributed by atoms with Crippen molar-refractivity contribution < 1.29 is 9.84 Å². The van der Waals surface area contributed by atoms with Gasteiger partial charge in [-0.1, -0.05) is 18.2 Å². The fraction of sp³-hybridized carbons (Fsp3) is 0.476. The molecule has 2 N–H and O–H groups in total. The molecule has 1 aliphatic carbocycles. The molecule has 0 bridgehead atoms. The third-order valence-electron chi connectivity index (χ3n) is 5.25. The predicted molar refractivity (Wildman–Crippen MR) is 99.7 cm³/mol. The molecule has 4 heteroatoms. The van der Waals surface area contributed by atoms with Gasteiger partial charge in [-0.3, -0.25) is 4.98 Å². The average Bonchev–Trinajstić information content (AvgIpc) is 2.67. The fourth-order valence-electron chi connectivity index (χ4n) is 3.81. The van der Waals surface area contributed by atoms with E-state index < -0.39 is 0 Å². The highest BCUT2D eigenvalue weighted by molar-refractivity contribution is 5.30. The first kappa shape index (κ1) is 17.9. The van der Waals surface area contributed by atoms with Gasteiger partial charge < -0.3 is 15.2 Å². The third-order valence-corrected chi connectivity index (χ3v) is 5.25. The Kier molecular flexibility index (Phi) is 6.05. The zero-order valence-electron chi connectivity index (χ0n) is 15.1. The number of hydrogen-bond acceptors (Lipinski definition) is 4. The second-order valence-corrected chi connectivity index (χ2v) is 6.85. The zero-order valence-corrected chi connectivity index (χ0v) is 15.1. The smallest absolute Gasteiger partial charge is 0.118 e. The van der Waals surface area contributed by atoms with E-state index in [1.54, 1.807) is 7.11 Å². The molecular formula is C21H28N2O2. The molecule has 0 spiro atoms. The molecule has 0 aliphatic heterocycles. The topological polar surface area (TPSA) is 54.4 Å². The minimum atomic E-state index is 0.223. The lowest BCUT2D eigenvalue weighted by atomic mass is 9.79. The summed E-state index contributed by atoms with van der Waals surface area (Å²) < 4.78 is 5.25. The molecular weight excluding hydrogens is 312 g/mol. The Morgan fingerprint density at radius 1 is 1.28 bits per heavy atom. The number of nitrogens with one attached hydrogen (secondary N) is 1. The number of benzene rings is 1. The minimum Gasteiger partial charge on any atom is -0.497 e. The number of methoxy groups -OCH3 is 1. The van der Waals surface area contributed by atoms with E-state index in [1.807, 2.05) is 24.4 Å². The molecule has 2 aromatic rings. The van der Waals surface area contributed by atoms with Crippen LogP contribution in [0, 0.1) is 5.92 Å². The number of pyridine rings is 1. The van der Waals surface area contributed by atoms with Crippen molar-refractivity contribution in [3.63, 3.8) is 0 Å². The monoisotopic (exact) mass is 340 g/mol. The van der Waals surface area contributed by atoms with Gasteiger partial charge in [0.15, 0.2) is 0 Å². The van der Waals surface area contributed by atoms with Crippen molar-refractivity contribution in [3.05, 3.63) is 59.4 Å². The number of hydrogen-bond donors (Lipinski definition) is 2. The van der Waals surface area contributed by atoms with E-state index in [2.05, 4.69) is 35.4 Å². The Balaban J connectivity index is 1.80. The number of aliphatic hydroxyl groups excluding tert-OH is 1. The number of aliphatic hydroxyl groups is 1. The largest absolute Gasteiger partial charge is 0.497 e. The van der Waals surface area contributed by atoms with Gasteiger partial charge in [-0.05, 0) is 67.9 Å². The Bertz CT molecular complexity index is 672. The highest BCUT2D eigenvalue weighted by Crippen LogP contribution is 2.37. The van der Waals surface area contributed by atoms with Crippen LogP contribution in [-0.2, 0) is 6.42 Å². The van der Waals surface area contributed by atoms with Gasteiger partial charge in [0.2, 0.25) is 0 Å². The Morgan fingerprint density at radius 3 is 2.80 bits per heavy atom. The SMILES string of the molecule is COc1ccc([C@@H](C)N[C@H]2c3ncccc3CC[C@H]2CCCO)cc1. The molecule has 1 aliphatic rings. The Hall–Kier alpha value is -1.91. The fourth-order valence-corrected chi connectivity index (χ4v) is 3.81. The summed E-state index contributed by atoms with van der Waals surface area (Å²) in [5.41, 5.74) is 3.77. The number of fused-ring (bicyclic) bond motifs is 1. The van der Waals surface area contributed by atoms with Crippen molar-refractivity contribution in [2.24, 2.45) is 5.92 Å². The van der Waals surface area contributed by atoms with Gasteiger partial charge in [0.1, 0.15) is 5.75 Å². The summed E-state index contributed by atoms with van der Waals surface area (Å²) in [5, 5.41) is 13.0. The zero-order chi connectivity index (χ0) is 17.6. The summed E-state index contributed by atoms with van der Waals surface area (Å²) >= 11 is 0. The second-order valence-electron chi connectivity index (χ2n) is 6.85. The van der Waals surface area contributed by atoms with Crippen LogP contribution in [0.5, 0.6) is 5.75 Å². The predicted octanol–water partition coefficient (Wildman–Crippen LogP) is 3.82. The summed E-state index contributed by atoms with van der Waals surface area (Å²) in [7, 11) is 1.69. The number of nitrogens with zero attached hydrogens (tertiary/aromatic N) is 1. The van der Waals surface area contributed by atoms with E-state index >= 15 is 0 Å². The molecule has 0 fully saturated rings. The van der Waals surface area contributed by atoms with Gasteiger partial charge in [-0.2, -0.15) is 0 Å². The molecule has 0 radical (unpaired) electrons. The van der Waals surface area contributed by atoms with Gasteiger partial charge in [-0.25, -0.2) is 0 Å². The van der Waals surface area contributed by atoms with E-state index in [9.17, 15) is 5.11 Å². The quantitative estimate of drug-likeness (QED) is 0.804. The minimum absolute atomic E-state index is 0.223. The van der Waals surface area contributed by atoms with Crippen molar-refractivity contribution in [1.29, 1.82) is 0 Å². The van der Waals surface area contributed by atoms with Gasteiger partial charge in [0.05, 0.1) is 18.8 Å². The van der Waals surface area contributed by atoms with Crippen molar-refractivity contribution >= 4 is 0 Å². The first-order valence-corrected chi connectivity index (χ1v) is 9.17. The van der Waals surface area contributed by atoms with Crippen LogP contribution in [-0.4, -0.2) is 23.8 Å². The maximum Gasteiger partial charge on any atom is 0.118 e. The summed E-state index contributed by atoms with van der Waals surface area (Å²) in [6.07, 6.45) is 5.99. The molecule has 1 aromatic heterocycles. The van der Waals surface area contributed by atoms with Gasteiger partial charge in [0.25, 0.3) is 0 Å². The van der Waals surface area contributed by atoms with Crippen LogP contribution < -0.4 is 10.1 Å². The summed E-state index contributed by atoms with van der Waals surface area (Å²) in [5.74, 6) is 1.39. The molecule has 0 saturated heterocycles. The maximum absolute atomic E-state index is 9.24. The first-order chi connectivity index (χ1) is 12.2. The molecule has 0 saturated carbocycles. The van der Waals surface area contributed by atoms with Crippen molar-refractivity contribution in [2.45, 2.75) is 44.7 Å². The Morgan fingerprint density at radius 2 is 2.08 bits per heavy atom. The first-order valence-electron chi connectivity index (χ1n) is 9.17. The molecule has 1 heterocycles. The van der Waals surface area contributed by atoms with Gasteiger partial charge >= 0.3 is 0 Å². The van der Waals surface area contributed by atoms with Crippen molar-refractivity contribution in [2.75, 3.05) is 13.7 Å². The van der Waals surface area contributed by atoms with E-state index in [-0.39, 0.29) is 18.7 Å². The lowest BCUT2D eigenvalue weighted by molar-refractivity contribution is 0.232. The van der Waals surface area contributed by atoms with Crippen molar-refractivity contribution in [3.8, 4) is 5.75 Å². The highest BCUT2D eigenvalue weighted by atomic mass is 16.5. The third kappa shape index (κ3) is 4.20. The van der Waals surface area contributed by atoms with Crippen LogP contribution in [0.4, 0.5) is 0 Å². The second kappa shape index (κ2) is 8.45. The van der Waals surface area contributed by atoms with E-state index in [0.29, 0.717) is 5.92 Å². The molecule has 1 aromatic carbocycles. The van der Waals surface area contributed by atoms with Crippen LogP contribution in [0.25, 0.3) is 0 Å². The molecule has 4 nitrogen and oxygen atoms in total. The molecule has 0 unspecified atom stereocenters. The van der Waals surface area contributed by atoms with E-state index in [0.717, 1.165) is 31.4 Å². The van der Waals surface area contributed by atoms with Crippen LogP contribution >= 0.6 is 0 Å². The van der Waals surface area contributed by atoms with Crippen LogP contribution in [0.1, 0.15) is 55.1 Å². The van der Waals surface area contributed by atoms with Crippen LogP contribution in [0.3, 0.4) is 0 Å². The standard InChI is InChI=1S/C21H28N2O2/c1-15(16-9-11-19(25-2)12-10-16)23-21-18(6-4-14-24)8-7-17-5-3-13-22-20(17)21/h3,5,9-13,15,18,21,23-24H,4,6-8,14H2,1-2H3/t15-,18-,21-/m1/s1. The highest BCUT2D eigenvalue weighted by Gasteiger charge is 2.31. The van der Waals surface area contributed by atoms with E-state index in [4.69, 9.17) is 4.74 Å². The number of aromatic nitrogens is 1. The van der Waals surface area contributed by atoms with Crippen LogP contribution in [0.15, 0.2) is 42.6 Å².